The maximum absolute atomic E-state index is 13.0. The maximum Gasteiger partial charge on any atom is 0.263 e. The normalized spacial score (nSPS) is 16.2. The van der Waals surface area contributed by atoms with Crippen LogP contribution in [0.2, 0.25) is 0 Å². The number of hydrogen-bond donors (Lipinski definition) is 2. The second kappa shape index (κ2) is 9.30. The lowest BCUT2D eigenvalue weighted by Crippen LogP contribution is -2.26. The van der Waals surface area contributed by atoms with Crippen LogP contribution in [0.4, 0.5) is 5.82 Å². The molecule has 1 saturated carbocycles. The van der Waals surface area contributed by atoms with Crippen molar-refractivity contribution in [3.63, 3.8) is 0 Å². The van der Waals surface area contributed by atoms with E-state index in [0.29, 0.717) is 45.0 Å². The molecule has 0 spiro atoms. The number of amides is 1. The van der Waals surface area contributed by atoms with Gasteiger partial charge >= 0.3 is 0 Å². The van der Waals surface area contributed by atoms with Crippen LogP contribution in [0.25, 0.3) is 34.1 Å². The number of aromatic nitrogens is 8. The van der Waals surface area contributed by atoms with E-state index in [1.165, 1.54) is 34.5 Å². The number of fused-ring (bicyclic) bond motifs is 2. The quantitative estimate of drug-likeness (QED) is 0.305. The molecule has 2 aliphatic carbocycles. The highest BCUT2D eigenvalue weighted by molar-refractivity contribution is 7.13. The Kier molecular flexibility index (Phi) is 5.42. The van der Waals surface area contributed by atoms with Gasteiger partial charge in [-0.2, -0.15) is 10.2 Å². The minimum atomic E-state index is -0.0600. The van der Waals surface area contributed by atoms with E-state index in [9.17, 15) is 4.79 Å². The Bertz CT molecular complexity index is 1940. The molecular weight excluding hydrogens is 536 g/mol. The highest BCUT2D eigenvalue weighted by Gasteiger charge is 2.30. The Balaban J connectivity index is 1.18. The monoisotopic (exact) mass is 560 g/mol. The molecule has 1 amide bonds. The fourth-order valence-corrected chi connectivity index (χ4v) is 6.45. The summed E-state index contributed by atoms with van der Waals surface area (Å²) < 4.78 is 2.00. The average Bonchev–Trinajstić information content (AvgIpc) is 3.40. The molecule has 11 nitrogen and oxygen atoms in total. The van der Waals surface area contributed by atoms with Crippen LogP contribution in [-0.2, 0) is 6.42 Å². The molecule has 202 valence electrons. The van der Waals surface area contributed by atoms with E-state index < -0.39 is 0 Å². The van der Waals surface area contributed by atoms with Gasteiger partial charge in [-0.25, -0.2) is 19.9 Å². The number of thiazole rings is 1. The number of benzene rings is 1. The summed E-state index contributed by atoms with van der Waals surface area (Å²) in [6.45, 7) is 0. The van der Waals surface area contributed by atoms with Gasteiger partial charge in [0.25, 0.3) is 5.91 Å². The largest absolute Gasteiger partial charge is 0.383 e. The molecule has 2 aliphatic rings. The van der Waals surface area contributed by atoms with Gasteiger partial charge in [-0.1, -0.05) is 6.07 Å². The first kappa shape index (κ1) is 23.9. The minimum Gasteiger partial charge on any atom is -0.383 e. The molecule has 5 aromatic heterocycles. The van der Waals surface area contributed by atoms with Crippen molar-refractivity contribution in [2.24, 2.45) is 0 Å². The third kappa shape index (κ3) is 4.14. The molecule has 0 aliphatic heterocycles. The minimum absolute atomic E-state index is 0.0541. The second-order valence-electron chi connectivity index (χ2n) is 10.3. The molecule has 41 heavy (non-hydrogen) atoms. The topological polar surface area (TPSA) is 142 Å². The Morgan fingerprint density at radius 3 is 2.71 bits per heavy atom. The van der Waals surface area contributed by atoms with E-state index in [1.807, 2.05) is 34.9 Å². The van der Waals surface area contributed by atoms with Crippen molar-refractivity contribution in [2.45, 2.75) is 37.6 Å². The van der Waals surface area contributed by atoms with E-state index >= 15 is 0 Å². The van der Waals surface area contributed by atoms with E-state index in [2.05, 4.69) is 37.6 Å². The van der Waals surface area contributed by atoms with Crippen molar-refractivity contribution in [3.05, 3.63) is 88.3 Å². The number of imidazole rings is 1. The zero-order chi connectivity index (χ0) is 27.5. The molecule has 0 radical (unpaired) electrons. The number of nitrogens with zero attached hydrogens (tertiary/aromatic N) is 8. The summed E-state index contributed by atoms with van der Waals surface area (Å²) in [4.78, 5) is 33.7. The van der Waals surface area contributed by atoms with Crippen LogP contribution in [0.15, 0.2) is 67.3 Å². The van der Waals surface area contributed by atoms with Gasteiger partial charge in [-0.15, -0.1) is 16.1 Å². The highest BCUT2D eigenvalue weighted by atomic mass is 32.1. The smallest absolute Gasteiger partial charge is 0.263 e. The van der Waals surface area contributed by atoms with Crippen LogP contribution in [-0.4, -0.2) is 45.4 Å². The molecule has 0 bridgehead atoms. The number of nitrogens with one attached hydrogen (secondary N) is 1. The van der Waals surface area contributed by atoms with E-state index in [4.69, 9.17) is 15.7 Å². The predicted octanol–water partition coefficient (Wildman–Crippen LogP) is 4.40. The number of aryl methyl sites for hydroxylation is 1. The molecule has 12 heteroatoms. The first-order chi connectivity index (χ1) is 20.1. The lowest BCUT2D eigenvalue weighted by Gasteiger charge is -2.15. The predicted molar refractivity (Wildman–Crippen MR) is 154 cm³/mol. The summed E-state index contributed by atoms with van der Waals surface area (Å²) in [5, 5.41) is 12.8. The van der Waals surface area contributed by atoms with Gasteiger partial charge in [-0.05, 0) is 73.2 Å². The maximum atomic E-state index is 13.0. The number of nitrogens with two attached hydrogens (primary N) is 1. The zero-order valence-corrected chi connectivity index (χ0v) is 22.6. The van der Waals surface area contributed by atoms with E-state index in [1.54, 1.807) is 24.8 Å². The molecule has 1 fully saturated rings. The molecule has 6 aromatic rings. The number of rotatable bonds is 6. The summed E-state index contributed by atoms with van der Waals surface area (Å²) in [5.41, 5.74) is 11.6. The molecule has 0 unspecified atom stereocenters. The fourth-order valence-electron chi connectivity index (χ4n) is 5.46. The van der Waals surface area contributed by atoms with Gasteiger partial charge in [0.1, 0.15) is 16.2 Å². The Hall–Kier alpha value is -4.97. The van der Waals surface area contributed by atoms with Crippen molar-refractivity contribution < 1.29 is 4.79 Å². The Morgan fingerprint density at radius 1 is 1.00 bits per heavy atom. The first-order valence-electron chi connectivity index (χ1n) is 13.5. The number of carbonyl (C=O) groups excluding carboxylic acids is 1. The summed E-state index contributed by atoms with van der Waals surface area (Å²) in [6, 6.07) is 13.7. The van der Waals surface area contributed by atoms with Crippen molar-refractivity contribution in [1.29, 1.82) is 0 Å². The van der Waals surface area contributed by atoms with Gasteiger partial charge in [0.05, 0.1) is 35.2 Å². The second-order valence-corrected chi connectivity index (χ2v) is 11.4. The van der Waals surface area contributed by atoms with E-state index in [0.717, 1.165) is 29.1 Å². The van der Waals surface area contributed by atoms with Crippen molar-refractivity contribution in [3.8, 4) is 22.9 Å². The molecular formula is C29H24N10OS. The lowest BCUT2D eigenvalue weighted by atomic mass is 10.1. The van der Waals surface area contributed by atoms with Crippen LogP contribution >= 0.6 is 11.3 Å². The summed E-state index contributed by atoms with van der Waals surface area (Å²) in [5.74, 6) is 2.08. The SMILES string of the molecule is Nc1ncccc1-c1nc2ccc(-n3nccn3)nc2n1-c1ccc2c(c1)CC[C@@H]2NC(=O)c1cnc(C2CC2)s1. The van der Waals surface area contributed by atoms with Gasteiger partial charge in [0.15, 0.2) is 17.3 Å². The summed E-state index contributed by atoms with van der Waals surface area (Å²) in [7, 11) is 0. The number of carbonyl (C=O) groups is 1. The zero-order valence-electron chi connectivity index (χ0n) is 21.8. The fraction of sp³-hybridized carbons (Fsp3) is 0.207. The molecule has 1 atom stereocenters. The summed E-state index contributed by atoms with van der Waals surface area (Å²) >= 11 is 1.51. The third-order valence-electron chi connectivity index (χ3n) is 7.63. The molecule has 5 heterocycles. The molecule has 8 rings (SSSR count). The Morgan fingerprint density at radius 2 is 1.88 bits per heavy atom. The lowest BCUT2D eigenvalue weighted by molar-refractivity contribution is 0.0940. The molecule has 0 saturated heterocycles. The van der Waals surface area contributed by atoms with Crippen LogP contribution in [0.1, 0.15) is 57.0 Å². The number of anilines is 1. The number of hydrogen-bond acceptors (Lipinski definition) is 9. The number of nitrogen functional groups attached to an aromatic ring is 1. The first-order valence-corrected chi connectivity index (χ1v) is 14.3. The van der Waals surface area contributed by atoms with Gasteiger partial charge in [-0.3, -0.25) is 9.36 Å². The third-order valence-corrected chi connectivity index (χ3v) is 8.79. The standard InChI is InChI=1S/C29H24N10OS/c30-25-20(2-1-11-31-25)26-35-22-9-10-24(39-33-12-13-34-39)37-27(22)38(26)18-6-7-19-17(14-18)5-8-21(19)36-28(40)23-15-32-29(41-23)16-3-4-16/h1-2,6-7,9-16,21H,3-5,8H2,(H2,30,31)(H,36,40)/t21-/m0/s1. The summed E-state index contributed by atoms with van der Waals surface area (Å²) in [6.07, 6.45) is 10.6. The van der Waals surface area contributed by atoms with Crippen molar-refractivity contribution in [1.82, 2.24) is 44.8 Å². The van der Waals surface area contributed by atoms with Crippen molar-refractivity contribution in [2.75, 3.05) is 5.73 Å². The van der Waals surface area contributed by atoms with Gasteiger partial charge < -0.3 is 11.1 Å². The van der Waals surface area contributed by atoms with E-state index in [-0.39, 0.29) is 11.9 Å². The highest BCUT2D eigenvalue weighted by Crippen LogP contribution is 2.42. The number of pyridine rings is 2. The van der Waals surface area contributed by atoms with Crippen LogP contribution in [0.3, 0.4) is 0 Å². The Labute approximate surface area is 238 Å². The van der Waals surface area contributed by atoms with Crippen molar-refractivity contribution >= 4 is 34.2 Å². The molecule has 1 aromatic carbocycles. The van der Waals surface area contributed by atoms with Gasteiger partial charge in [0, 0.05) is 17.8 Å². The van der Waals surface area contributed by atoms with Crippen LogP contribution in [0, 0.1) is 0 Å². The van der Waals surface area contributed by atoms with Gasteiger partial charge in [0.2, 0.25) is 0 Å². The van der Waals surface area contributed by atoms with Crippen LogP contribution < -0.4 is 11.1 Å². The molecule has 3 N–H and O–H groups in total. The van der Waals surface area contributed by atoms with Crippen LogP contribution in [0.5, 0.6) is 0 Å². The average molecular weight is 561 g/mol.